The molecule has 0 radical (unpaired) electrons. The Morgan fingerprint density at radius 1 is 1.06 bits per heavy atom. The van der Waals surface area contributed by atoms with Gasteiger partial charge in [-0.15, -0.1) is 0 Å². The molecular weight excluding hydrogens is 208 g/mol. The summed E-state index contributed by atoms with van der Waals surface area (Å²) in [5, 5.41) is 0. The number of unbranched alkanes of at least 4 members (excludes halogenated alkanes) is 2. The van der Waals surface area contributed by atoms with Gasteiger partial charge in [-0.25, -0.2) is 0 Å². The first-order valence-electron chi connectivity index (χ1n) is 7.80. The summed E-state index contributed by atoms with van der Waals surface area (Å²) in [6.07, 6.45) is 13.5. The van der Waals surface area contributed by atoms with Gasteiger partial charge in [0.15, 0.2) is 0 Å². The van der Waals surface area contributed by atoms with E-state index in [1.165, 1.54) is 77.3 Å². The van der Waals surface area contributed by atoms with Gasteiger partial charge in [0, 0.05) is 11.6 Å². The largest absolute Gasteiger partial charge is 0.326 e. The lowest BCUT2D eigenvalue weighted by Gasteiger charge is -2.43. The van der Waals surface area contributed by atoms with Crippen LogP contribution >= 0.6 is 0 Å². The fourth-order valence-electron chi connectivity index (χ4n) is 3.95. The quantitative estimate of drug-likeness (QED) is 0.719. The first-order chi connectivity index (χ1) is 8.29. The van der Waals surface area contributed by atoms with Crippen LogP contribution in [0.5, 0.6) is 0 Å². The zero-order chi connectivity index (χ0) is 12.1. The van der Waals surface area contributed by atoms with Crippen molar-refractivity contribution in [2.45, 2.75) is 82.7 Å². The second-order valence-corrected chi connectivity index (χ2v) is 6.11. The van der Waals surface area contributed by atoms with Crippen LogP contribution in [-0.4, -0.2) is 29.6 Å². The molecule has 1 aliphatic heterocycles. The maximum absolute atomic E-state index is 6.59. The number of likely N-dealkylation sites (tertiary alicyclic amines) is 1. The number of hydrogen-bond donors (Lipinski definition) is 1. The van der Waals surface area contributed by atoms with Crippen molar-refractivity contribution in [3.63, 3.8) is 0 Å². The Morgan fingerprint density at radius 2 is 1.71 bits per heavy atom. The highest BCUT2D eigenvalue weighted by Gasteiger charge is 2.44. The van der Waals surface area contributed by atoms with Gasteiger partial charge in [-0.3, -0.25) is 4.90 Å². The Balaban J connectivity index is 1.94. The summed E-state index contributed by atoms with van der Waals surface area (Å²) in [5.74, 6) is 0. The van der Waals surface area contributed by atoms with Crippen LogP contribution in [0.4, 0.5) is 0 Å². The highest BCUT2D eigenvalue weighted by atomic mass is 15.2. The number of nitrogens with two attached hydrogens (primary N) is 1. The molecule has 100 valence electrons. The fourth-order valence-corrected chi connectivity index (χ4v) is 3.95. The van der Waals surface area contributed by atoms with E-state index < -0.39 is 0 Å². The van der Waals surface area contributed by atoms with E-state index in [4.69, 9.17) is 5.73 Å². The Morgan fingerprint density at radius 3 is 2.29 bits per heavy atom. The first kappa shape index (κ1) is 13.4. The molecule has 0 aromatic heterocycles. The third kappa shape index (κ3) is 2.85. The molecule has 1 saturated carbocycles. The fraction of sp³-hybridized carbons (Fsp3) is 1.00. The molecule has 2 fully saturated rings. The summed E-state index contributed by atoms with van der Waals surface area (Å²) < 4.78 is 0. The molecule has 2 rings (SSSR count). The monoisotopic (exact) mass is 238 g/mol. The molecule has 1 unspecified atom stereocenters. The number of hydrogen-bond acceptors (Lipinski definition) is 2. The van der Waals surface area contributed by atoms with E-state index in [9.17, 15) is 0 Å². The molecule has 1 atom stereocenters. The van der Waals surface area contributed by atoms with Crippen molar-refractivity contribution >= 4 is 0 Å². The molecule has 0 aromatic carbocycles. The molecule has 0 spiro atoms. The Kier molecular flexibility index (Phi) is 4.87. The molecule has 2 heteroatoms. The predicted molar refractivity (Wildman–Crippen MR) is 74.1 cm³/mol. The van der Waals surface area contributed by atoms with E-state index in [1.807, 2.05) is 0 Å². The number of nitrogens with zero attached hydrogens (tertiary/aromatic N) is 1. The standard InChI is InChI=1S/C15H30N2/c1-2-3-4-9-14(16)15(10-5-6-11-15)17-12-7-8-13-17/h14H,2-13,16H2,1H3. The van der Waals surface area contributed by atoms with Gasteiger partial charge in [-0.2, -0.15) is 0 Å². The van der Waals surface area contributed by atoms with Crippen LogP contribution in [-0.2, 0) is 0 Å². The zero-order valence-corrected chi connectivity index (χ0v) is 11.6. The molecular formula is C15H30N2. The van der Waals surface area contributed by atoms with Crippen LogP contribution in [0.3, 0.4) is 0 Å². The Bertz CT molecular complexity index is 215. The summed E-state index contributed by atoms with van der Waals surface area (Å²) in [6, 6.07) is 0.426. The Hall–Kier alpha value is -0.0800. The van der Waals surface area contributed by atoms with Gasteiger partial charge in [0.1, 0.15) is 0 Å². The van der Waals surface area contributed by atoms with Crippen molar-refractivity contribution in [3.8, 4) is 0 Å². The average molecular weight is 238 g/mol. The molecule has 0 amide bonds. The lowest BCUT2D eigenvalue weighted by atomic mass is 9.84. The minimum Gasteiger partial charge on any atom is -0.326 e. The zero-order valence-electron chi connectivity index (χ0n) is 11.6. The maximum Gasteiger partial charge on any atom is 0.0360 e. The second-order valence-electron chi connectivity index (χ2n) is 6.11. The van der Waals surface area contributed by atoms with Crippen molar-refractivity contribution in [1.82, 2.24) is 4.90 Å². The molecule has 1 heterocycles. The predicted octanol–water partition coefficient (Wildman–Crippen LogP) is 3.30. The molecule has 2 N–H and O–H groups in total. The van der Waals surface area contributed by atoms with Crippen molar-refractivity contribution < 1.29 is 0 Å². The minimum absolute atomic E-state index is 0.393. The average Bonchev–Trinajstić information content (AvgIpc) is 3.00. The van der Waals surface area contributed by atoms with Crippen molar-refractivity contribution in [2.24, 2.45) is 5.73 Å². The SMILES string of the molecule is CCCCCC(N)C1(N2CCCC2)CCCC1. The summed E-state index contributed by atoms with van der Waals surface area (Å²) in [5.41, 5.74) is 6.99. The minimum atomic E-state index is 0.393. The number of rotatable bonds is 6. The molecule has 1 saturated heterocycles. The topological polar surface area (TPSA) is 29.3 Å². The normalized spacial score (nSPS) is 26.5. The van der Waals surface area contributed by atoms with Gasteiger partial charge in [0.25, 0.3) is 0 Å². The van der Waals surface area contributed by atoms with Crippen LogP contribution in [0, 0.1) is 0 Å². The molecule has 0 aromatic rings. The smallest absolute Gasteiger partial charge is 0.0360 e. The lowest BCUT2D eigenvalue weighted by Crippen LogP contribution is -2.57. The van der Waals surface area contributed by atoms with E-state index in [0.29, 0.717) is 11.6 Å². The lowest BCUT2D eigenvalue weighted by molar-refractivity contribution is 0.0878. The summed E-state index contributed by atoms with van der Waals surface area (Å²) in [6.45, 7) is 4.89. The van der Waals surface area contributed by atoms with E-state index >= 15 is 0 Å². The molecule has 17 heavy (non-hydrogen) atoms. The van der Waals surface area contributed by atoms with Crippen LogP contribution in [0.25, 0.3) is 0 Å². The van der Waals surface area contributed by atoms with Crippen molar-refractivity contribution in [1.29, 1.82) is 0 Å². The van der Waals surface area contributed by atoms with Gasteiger partial charge < -0.3 is 5.73 Å². The van der Waals surface area contributed by atoms with Crippen LogP contribution in [0.1, 0.15) is 71.1 Å². The Labute approximate surface area is 107 Å². The molecule has 2 aliphatic rings. The van der Waals surface area contributed by atoms with Gasteiger partial charge in [-0.05, 0) is 45.2 Å². The van der Waals surface area contributed by atoms with Crippen molar-refractivity contribution in [2.75, 3.05) is 13.1 Å². The van der Waals surface area contributed by atoms with E-state index in [1.54, 1.807) is 0 Å². The van der Waals surface area contributed by atoms with E-state index in [-0.39, 0.29) is 0 Å². The first-order valence-corrected chi connectivity index (χ1v) is 7.80. The van der Waals surface area contributed by atoms with Crippen LogP contribution in [0.2, 0.25) is 0 Å². The molecule has 1 aliphatic carbocycles. The highest BCUT2D eigenvalue weighted by molar-refractivity contribution is 5.03. The molecule has 0 bridgehead atoms. The van der Waals surface area contributed by atoms with E-state index in [2.05, 4.69) is 11.8 Å². The second kappa shape index (κ2) is 6.19. The van der Waals surface area contributed by atoms with Crippen LogP contribution in [0.15, 0.2) is 0 Å². The van der Waals surface area contributed by atoms with Gasteiger partial charge in [0.05, 0.1) is 0 Å². The molecule has 2 nitrogen and oxygen atoms in total. The van der Waals surface area contributed by atoms with Crippen LogP contribution < -0.4 is 5.73 Å². The third-order valence-corrected chi connectivity index (χ3v) is 5.01. The highest BCUT2D eigenvalue weighted by Crippen LogP contribution is 2.40. The van der Waals surface area contributed by atoms with Gasteiger partial charge in [0.2, 0.25) is 0 Å². The van der Waals surface area contributed by atoms with Gasteiger partial charge >= 0.3 is 0 Å². The van der Waals surface area contributed by atoms with Crippen molar-refractivity contribution in [3.05, 3.63) is 0 Å². The third-order valence-electron chi connectivity index (χ3n) is 5.01. The summed E-state index contributed by atoms with van der Waals surface area (Å²) in [4.78, 5) is 2.75. The maximum atomic E-state index is 6.59. The van der Waals surface area contributed by atoms with Gasteiger partial charge in [-0.1, -0.05) is 39.0 Å². The summed E-state index contributed by atoms with van der Waals surface area (Å²) in [7, 11) is 0. The summed E-state index contributed by atoms with van der Waals surface area (Å²) >= 11 is 0. The van der Waals surface area contributed by atoms with E-state index in [0.717, 1.165) is 0 Å².